The lowest BCUT2D eigenvalue weighted by atomic mass is 9.96. The second-order valence-corrected chi connectivity index (χ2v) is 5.07. The Bertz CT molecular complexity index is 385. The van der Waals surface area contributed by atoms with Crippen LogP contribution < -0.4 is 0 Å². The normalized spacial score (nSPS) is 11.3. The van der Waals surface area contributed by atoms with Crippen molar-refractivity contribution in [3.05, 3.63) is 29.8 Å². The molecular formula is C12H17FN2O. The summed E-state index contributed by atoms with van der Waals surface area (Å²) in [4.78, 5) is 17.0. The third kappa shape index (κ3) is 3.61. The molecule has 0 aromatic carbocycles. The topological polar surface area (TPSA) is 33.2 Å². The highest BCUT2D eigenvalue weighted by atomic mass is 19.1. The van der Waals surface area contributed by atoms with E-state index in [0.717, 1.165) is 0 Å². The summed E-state index contributed by atoms with van der Waals surface area (Å²) in [5.41, 5.74) is 0.157. The molecule has 0 N–H and O–H groups in total. The molecule has 0 aliphatic carbocycles. The molecule has 1 amide bonds. The zero-order chi connectivity index (χ0) is 12.3. The molecule has 1 aromatic heterocycles. The summed E-state index contributed by atoms with van der Waals surface area (Å²) in [6.45, 7) is 6.71. The summed E-state index contributed by atoms with van der Waals surface area (Å²) in [6.07, 6.45) is 0. The lowest BCUT2D eigenvalue weighted by Crippen LogP contribution is -2.35. The number of nitrogens with zero attached hydrogens (tertiary/aromatic N) is 2. The van der Waals surface area contributed by atoms with Gasteiger partial charge in [0.15, 0.2) is 0 Å². The lowest BCUT2D eigenvalue weighted by molar-refractivity contribution is 0.0738. The van der Waals surface area contributed by atoms with Gasteiger partial charge >= 0.3 is 0 Å². The van der Waals surface area contributed by atoms with Gasteiger partial charge in [0.2, 0.25) is 5.95 Å². The first-order chi connectivity index (χ1) is 7.29. The fourth-order valence-corrected chi connectivity index (χ4v) is 1.51. The van der Waals surface area contributed by atoms with Gasteiger partial charge in [-0.15, -0.1) is 0 Å². The standard InChI is InChI=1S/C12H17FN2O/c1-12(2,3)8-15(4)11(16)9-6-5-7-10(13)14-9/h5-7H,8H2,1-4H3. The van der Waals surface area contributed by atoms with E-state index < -0.39 is 5.95 Å². The van der Waals surface area contributed by atoms with Gasteiger partial charge in [0.1, 0.15) is 5.69 Å². The Kier molecular flexibility index (Phi) is 3.62. The molecular weight excluding hydrogens is 207 g/mol. The Labute approximate surface area is 95.3 Å². The van der Waals surface area contributed by atoms with Crippen molar-refractivity contribution in [3.63, 3.8) is 0 Å². The molecule has 88 valence electrons. The van der Waals surface area contributed by atoms with Gasteiger partial charge in [-0.1, -0.05) is 26.8 Å². The molecule has 0 bridgehead atoms. The first-order valence-corrected chi connectivity index (χ1v) is 5.17. The number of hydrogen-bond donors (Lipinski definition) is 0. The zero-order valence-electron chi connectivity index (χ0n) is 10.1. The molecule has 0 fully saturated rings. The van der Waals surface area contributed by atoms with E-state index in [1.54, 1.807) is 11.9 Å². The van der Waals surface area contributed by atoms with Crippen LogP contribution in [0.3, 0.4) is 0 Å². The van der Waals surface area contributed by atoms with Gasteiger partial charge in [-0.25, -0.2) is 4.98 Å². The number of hydrogen-bond acceptors (Lipinski definition) is 2. The van der Waals surface area contributed by atoms with Crippen molar-refractivity contribution < 1.29 is 9.18 Å². The Morgan fingerprint density at radius 3 is 2.56 bits per heavy atom. The third-order valence-corrected chi connectivity index (χ3v) is 1.99. The quantitative estimate of drug-likeness (QED) is 0.722. The summed E-state index contributed by atoms with van der Waals surface area (Å²) in [7, 11) is 1.69. The van der Waals surface area contributed by atoms with Crippen LogP contribution in [0.2, 0.25) is 0 Å². The predicted octanol–water partition coefficient (Wildman–Crippen LogP) is 2.34. The lowest BCUT2D eigenvalue weighted by Gasteiger charge is -2.26. The van der Waals surface area contributed by atoms with Crippen LogP contribution in [-0.4, -0.2) is 29.4 Å². The Balaban J connectivity index is 2.78. The highest BCUT2D eigenvalue weighted by molar-refractivity contribution is 5.92. The highest BCUT2D eigenvalue weighted by Crippen LogP contribution is 2.15. The van der Waals surface area contributed by atoms with Crippen molar-refractivity contribution in [1.82, 2.24) is 9.88 Å². The van der Waals surface area contributed by atoms with Crippen LogP contribution >= 0.6 is 0 Å². The molecule has 0 aliphatic heterocycles. The number of halogens is 1. The average molecular weight is 224 g/mol. The largest absolute Gasteiger partial charge is 0.340 e. The number of carbonyl (C=O) groups excluding carboxylic acids is 1. The fraction of sp³-hybridized carbons (Fsp3) is 0.500. The van der Waals surface area contributed by atoms with E-state index in [-0.39, 0.29) is 17.0 Å². The van der Waals surface area contributed by atoms with Gasteiger partial charge in [-0.3, -0.25) is 4.79 Å². The van der Waals surface area contributed by atoms with E-state index in [0.29, 0.717) is 6.54 Å². The first kappa shape index (κ1) is 12.6. The van der Waals surface area contributed by atoms with E-state index in [4.69, 9.17) is 0 Å². The molecule has 0 spiro atoms. The fourth-order valence-electron chi connectivity index (χ4n) is 1.51. The number of aromatic nitrogens is 1. The smallest absolute Gasteiger partial charge is 0.272 e. The second-order valence-electron chi connectivity index (χ2n) is 5.07. The Morgan fingerprint density at radius 1 is 1.44 bits per heavy atom. The Morgan fingerprint density at radius 2 is 2.06 bits per heavy atom. The van der Waals surface area contributed by atoms with Crippen molar-refractivity contribution in [2.45, 2.75) is 20.8 Å². The van der Waals surface area contributed by atoms with Crippen LogP contribution in [0.25, 0.3) is 0 Å². The molecule has 4 heteroatoms. The highest BCUT2D eigenvalue weighted by Gasteiger charge is 2.19. The maximum Gasteiger partial charge on any atom is 0.272 e. The van der Waals surface area contributed by atoms with Crippen molar-refractivity contribution in [1.29, 1.82) is 0 Å². The van der Waals surface area contributed by atoms with Crippen molar-refractivity contribution in [3.8, 4) is 0 Å². The van der Waals surface area contributed by atoms with E-state index in [9.17, 15) is 9.18 Å². The molecule has 0 aliphatic rings. The van der Waals surface area contributed by atoms with E-state index in [1.807, 2.05) is 20.8 Å². The number of carbonyl (C=O) groups is 1. The predicted molar refractivity (Wildman–Crippen MR) is 60.6 cm³/mol. The SMILES string of the molecule is CN(CC(C)(C)C)C(=O)c1cccc(F)n1. The minimum atomic E-state index is -0.630. The first-order valence-electron chi connectivity index (χ1n) is 5.17. The van der Waals surface area contributed by atoms with E-state index in [2.05, 4.69) is 4.98 Å². The van der Waals surface area contributed by atoms with Gasteiger partial charge in [0.05, 0.1) is 0 Å². The monoisotopic (exact) mass is 224 g/mol. The molecule has 0 radical (unpaired) electrons. The molecule has 1 rings (SSSR count). The van der Waals surface area contributed by atoms with Crippen LogP contribution in [0, 0.1) is 11.4 Å². The molecule has 0 saturated heterocycles. The van der Waals surface area contributed by atoms with Crippen molar-refractivity contribution in [2.24, 2.45) is 5.41 Å². The maximum atomic E-state index is 12.8. The van der Waals surface area contributed by atoms with Crippen molar-refractivity contribution in [2.75, 3.05) is 13.6 Å². The molecule has 0 atom stereocenters. The second kappa shape index (κ2) is 4.60. The van der Waals surface area contributed by atoms with E-state index >= 15 is 0 Å². The summed E-state index contributed by atoms with van der Waals surface area (Å²) in [5.74, 6) is -0.885. The average Bonchev–Trinajstić information content (AvgIpc) is 2.14. The van der Waals surface area contributed by atoms with Crippen LogP contribution in [0.15, 0.2) is 18.2 Å². The number of rotatable bonds is 2. The maximum absolute atomic E-state index is 12.8. The third-order valence-electron chi connectivity index (χ3n) is 1.99. The molecule has 0 saturated carbocycles. The Hall–Kier alpha value is -1.45. The molecule has 1 heterocycles. The van der Waals surface area contributed by atoms with E-state index in [1.165, 1.54) is 18.2 Å². The van der Waals surface area contributed by atoms with Gasteiger partial charge in [0.25, 0.3) is 5.91 Å². The number of pyridine rings is 1. The van der Waals surface area contributed by atoms with Gasteiger partial charge in [-0.05, 0) is 17.5 Å². The molecule has 1 aromatic rings. The minimum Gasteiger partial charge on any atom is -0.340 e. The summed E-state index contributed by atoms with van der Waals surface area (Å²) >= 11 is 0. The summed E-state index contributed by atoms with van der Waals surface area (Å²) < 4.78 is 12.8. The van der Waals surface area contributed by atoms with Crippen LogP contribution in [0.4, 0.5) is 4.39 Å². The number of amides is 1. The molecule has 0 unspecified atom stereocenters. The summed E-state index contributed by atoms with van der Waals surface area (Å²) in [6, 6.07) is 4.23. The zero-order valence-corrected chi connectivity index (χ0v) is 10.1. The van der Waals surface area contributed by atoms with Gasteiger partial charge in [-0.2, -0.15) is 4.39 Å². The van der Waals surface area contributed by atoms with Crippen molar-refractivity contribution >= 4 is 5.91 Å². The molecule has 16 heavy (non-hydrogen) atoms. The minimum absolute atomic E-state index is 0.0116. The summed E-state index contributed by atoms with van der Waals surface area (Å²) in [5, 5.41) is 0. The van der Waals surface area contributed by atoms with Gasteiger partial charge < -0.3 is 4.90 Å². The van der Waals surface area contributed by atoms with Crippen LogP contribution in [-0.2, 0) is 0 Å². The molecule has 3 nitrogen and oxygen atoms in total. The van der Waals surface area contributed by atoms with Crippen LogP contribution in [0.5, 0.6) is 0 Å². The van der Waals surface area contributed by atoms with Gasteiger partial charge in [0, 0.05) is 13.6 Å². The van der Waals surface area contributed by atoms with Crippen LogP contribution in [0.1, 0.15) is 31.3 Å².